The lowest BCUT2D eigenvalue weighted by molar-refractivity contribution is -0.125. The van der Waals surface area contributed by atoms with Gasteiger partial charge in [0, 0.05) is 24.7 Å². The van der Waals surface area contributed by atoms with Gasteiger partial charge in [0.05, 0.1) is 32.3 Å². The van der Waals surface area contributed by atoms with Crippen molar-refractivity contribution in [3.8, 4) is 0 Å². The van der Waals surface area contributed by atoms with Crippen molar-refractivity contribution in [1.29, 1.82) is 0 Å². The van der Waals surface area contributed by atoms with Gasteiger partial charge in [-0.3, -0.25) is 14.5 Å². The fourth-order valence-corrected chi connectivity index (χ4v) is 2.78. The molecule has 7 nitrogen and oxygen atoms in total. The normalized spacial score (nSPS) is 15.2. The molecule has 2 amide bonds. The Morgan fingerprint density at radius 3 is 2.50 bits per heavy atom. The van der Waals surface area contributed by atoms with Crippen LogP contribution in [0.2, 0.25) is 5.02 Å². The quantitative estimate of drug-likeness (QED) is 0.597. The molecule has 4 N–H and O–H groups in total. The number of rotatable bonds is 7. The maximum Gasteiger partial charge on any atom is 0.239 e. The van der Waals surface area contributed by atoms with Crippen LogP contribution in [0, 0.1) is 0 Å². The number of hydrogen-bond donors (Lipinski definition) is 3. The molecular formula is C16H25Cl3N4O3. The third-order valence-electron chi connectivity index (χ3n) is 3.84. The zero-order valence-corrected chi connectivity index (χ0v) is 16.7. The SMILES string of the molecule is Cl.Cl.NCC(=O)NCC(=O)NCC(c1cccc(Cl)c1)N1CCOCC1. The number of hydrogen-bond acceptors (Lipinski definition) is 5. The number of halogens is 3. The van der Waals surface area contributed by atoms with Gasteiger partial charge in [0.2, 0.25) is 11.8 Å². The van der Waals surface area contributed by atoms with Crippen LogP contribution in [0.4, 0.5) is 0 Å². The van der Waals surface area contributed by atoms with E-state index < -0.39 is 0 Å². The summed E-state index contributed by atoms with van der Waals surface area (Å²) in [5.41, 5.74) is 6.23. The second kappa shape index (κ2) is 13.1. The summed E-state index contributed by atoms with van der Waals surface area (Å²) in [6.07, 6.45) is 0. The van der Waals surface area contributed by atoms with Crippen molar-refractivity contribution in [3.63, 3.8) is 0 Å². The Balaban J connectivity index is 0.00000312. The van der Waals surface area contributed by atoms with Gasteiger partial charge in [-0.1, -0.05) is 23.7 Å². The van der Waals surface area contributed by atoms with Crippen LogP contribution in [0.1, 0.15) is 11.6 Å². The monoisotopic (exact) mass is 426 g/mol. The van der Waals surface area contributed by atoms with Crippen LogP contribution < -0.4 is 16.4 Å². The summed E-state index contributed by atoms with van der Waals surface area (Å²) in [6, 6.07) is 7.62. The molecule has 0 aliphatic carbocycles. The standard InChI is InChI=1S/C16H23ClN4O3.2ClH/c17-13-3-1-2-12(8-13)14(21-4-6-24-7-5-21)10-19-16(23)11-20-15(22)9-18;;/h1-3,8,14H,4-7,9-11,18H2,(H,19,23)(H,20,22);2*1H. The topological polar surface area (TPSA) is 96.7 Å². The third kappa shape index (κ3) is 8.07. The number of carbonyl (C=O) groups is 2. The maximum absolute atomic E-state index is 11.9. The molecule has 0 saturated carbocycles. The van der Waals surface area contributed by atoms with Gasteiger partial charge in [-0.15, -0.1) is 24.8 Å². The van der Waals surface area contributed by atoms with Gasteiger partial charge in [0.1, 0.15) is 0 Å². The Kier molecular flexibility index (Phi) is 12.6. The molecular weight excluding hydrogens is 403 g/mol. The highest BCUT2D eigenvalue weighted by molar-refractivity contribution is 6.30. The van der Waals surface area contributed by atoms with Gasteiger partial charge >= 0.3 is 0 Å². The molecule has 148 valence electrons. The predicted molar refractivity (Wildman–Crippen MR) is 106 cm³/mol. The van der Waals surface area contributed by atoms with Crippen molar-refractivity contribution in [2.45, 2.75) is 6.04 Å². The van der Waals surface area contributed by atoms with E-state index >= 15 is 0 Å². The van der Waals surface area contributed by atoms with Crippen LogP contribution in [0.15, 0.2) is 24.3 Å². The van der Waals surface area contributed by atoms with E-state index in [2.05, 4.69) is 15.5 Å². The molecule has 0 radical (unpaired) electrons. The highest BCUT2D eigenvalue weighted by Crippen LogP contribution is 2.23. The second-order valence-corrected chi connectivity index (χ2v) is 5.94. The molecule has 0 aromatic heterocycles. The first-order valence-electron chi connectivity index (χ1n) is 7.91. The van der Waals surface area contributed by atoms with E-state index in [9.17, 15) is 9.59 Å². The number of morpholine rings is 1. The number of ether oxygens (including phenoxy) is 1. The average Bonchev–Trinajstić information content (AvgIpc) is 2.61. The summed E-state index contributed by atoms with van der Waals surface area (Å²) in [4.78, 5) is 25.3. The van der Waals surface area contributed by atoms with Gasteiger partial charge in [-0.2, -0.15) is 0 Å². The number of nitrogens with zero attached hydrogens (tertiary/aromatic N) is 1. The van der Waals surface area contributed by atoms with Crippen molar-refractivity contribution in [2.75, 3.05) is 45.9 Å². The summed E-state index contributed by atoms with van der Waals surface area (Å²) >= 11 is 6.10. The molecule has 1 aliphatic rings. The lowest BCUT2D eigenvalue weighted by Crippen LogP contribution is -2.46. The van der Waals surface area contributed by atoms with Crippen LogP contribution in [0.25, 0.3) is 0 Å². The zero-order valence-electron chi connectivity index (χ0n) is 14.3. The van der Waals surface area contributed by atoms with Crippen molar-refractivity contribution in [2.24, 2.45) is 5.73 Å². The van der Waals surface area contributed by atoms with E-state index in [0.29, 0.717) is 24.8 Å². The predicted octanol–water partition coefficient (Wildman–Crippen LogP) is 0.748. The summed E-state index contributed by atoms with van der Waals surface area (Å²) < 4.78 is 5.40. The molecule has 1 fully saturated rings. The summed E-state index contributed by atoms with van der Waals surface area (Å²) in [5.74, 6) is -0.609. The number of amides is 2. The minimum atomic E-state index is -0.357. The third-order valence-corrected chi connectivity index (χ3v) is 4.08. The fraction of sp³-hybridized carbons (Fsp3) is 0.500. The average molecular weight is 428 g/mol. The first-order chi connectivity index (χ1) is 11.6. The van der Waals surface area contributed by atoms with Gasteiger partial charge in [0.25, 0.3) is 0 Å². The van der Waals surface area contributed by atoms with E-state index in [1.165, 1.54) is 0 Å². The molecule has 1 aromatic rings. The van der Waals surface area contributed by atoms with Crippen molar-refractivity contribution in [1.82, 2.24) is 15.5 Å². The van der Waals surface area contributed by atoms with Crippen LogP contribution in [0.5, 0.6) is 0 Å². The molecule has 2 rings (SSSR count). The van der Waals surface area contributed by atoms with Crippen molar-refractivity contribution in [3.05, 3.63) is 34.9 Å². The van der Waals surface area contributed by atoms with Crippen LogP contribution >= 0.6 is 36.4 Å². The molecule has 1 saturated heterocycles. The first-order valence-corrected chi connectivity index (χ1v) is 8.28. The summed E-state index contributed by atoms with van der Waals surface area (Å²) in [7, 11) is 0. The molecule has 1 heterocycles. The van der Waals surface area contributed by atoms with Gasteiger partial charge in [-0.25, -0.2) is 0 Å². The maximum atomic E-state index is 11.9. The Bertz CT molecular complexity index is 571. The molecule has 26 heavy (non-hydrogen) atoms. The van der Waals surface area contributed by atoms with E-state index in [-0.39, 0.29) is 55.8 Å². The second-order valence-electron chi connectivity index (χ2n) is 5.50. The number of benzene rings is 1. The van der Waals surface area contributed by atoms with Crippen molar-refractivity contribution < 1.29 is 14.3 Å². The Labute approximate surface area is 170 Å². The lowest BCUT2D eigenvalue weighted by Gasteiger charge is -2.35. The number of nitrogens with two attached hydrogens (primary N) is 1. The molecule has 0 bridgehead atoms. The van der Waals surface area contributed by atoms with E-state index in [4.69, 9.17) is 22.1 Å². The molecule has 0 spiro atoms. The smallest absolute Gasteiger partial charge is 0.239 e. The summed E-state index contributed by atoms with van der Waals surface area (Å²) in [5, 5.41) is 5.97. The number of carbonyl (C=O) groups excluding carboxylic acids is 2. The van der Waals surface area contributed by atoms with Crippen molar-refractivity contribution >= 4 is 48.2 Å². The first kappa shape index (κ1) is 24.9. The van der Waals surface area contributed by atoms with Crippen LogP contribution in [-0.4, -0.2) is 62.7 Å². The minimum Gasteiger partial charge on any atom is -0.379 e. The van der Waals surface area contributed by atoms with Gasteiger partial charge in [-0.05, 0) is 17.7 Å². The molecule has 10 heteroatoms. The van der Waals surface area contributed by atoms with E-state index in [1.807, 2.05) is 24.3 Å². The molecule has 1 aromatic carbocycles. The minimum absolute atomic E-state index is 0. The Hall–Kier alpha value is -1.09. The zero-order chi connectivity index (χ0) is 17.4. The molecule has 1 aliphatic heterocycles. The van der Waals surface area contributed by atoms with Gasteiger partial charge in [0.15, 0.2) is 0 Å². The Morgan fingerprint density at radius 2 is 1.88 bits per heavy atom. The summed E-state index contributed by atoms with van der Waals surface area (Å²) in [6.45, 7) is 3.12. The molecule has 1 unspecified atom stereocenters. The highest BCUT2D eigenvalue weighted by atomic mass is 35.5. The highest BCUT2D eigenvalue weighted by Gasteiger charge is 2.23. The Morgan fingerprint density at radius 1 is 1.19 bits per heavy atom. The van der Waals surface area contributed by atoms with E-state index in [0.717, 1.165) is 18.7 Å². The lowest BCUT2D eigenvalue weighted by atomic mass is 10.0. The van der Waals surface area contributed by atoms with Gasteiger partial charge < -0.3 is 21.1 Å². The van der Waals surface area contributed by atoms with Crippen LogP contribution in [-0.2, 0) is 14.3 Å². The fourth-order valence-electron chi connectivity index (χ4n) is 2.58. The largest absolute Gasteiger partial charge is 0.379 e. The van der Waals surface area contributed by atoms with Crippen LogP contribution in [0.3, 0.4) is 0 Å². The van der Waals surface area contributed by atoms with E-state index in [1.54, 1.807) is 0 Å². The number of nitrogens with one attached hydrogen (secondary N) is 2. The molecule has 1 atom stereocenters.